The lowest BCUT2D eigenvalue weighted by molar-refractivity contribution is -0.00219. The summed E-state index contributed by atoms with van der Waals surface area (Å²) >= 11 is 6.06. The smallest absolute Gasteiger partial charge is 0.287 e. The van der Waals surface area contributed by atoms with Crippen molar-refractivity contribution < 1.29 is 4.74 Å². The van der Waals surface area contributed by atoms with Crippen LogP contribution >= 0.6 is 11.6 Å². The number of anilines is 1. The lowest BCUT2D eigenvalue weighted by atomic mass is 10.00. The number of ether oxygens (including phenoxy) is 1. The van der Waals surface area contributed by atoms with Gasteiger partial charge in [0.2, 0.25) is 0 Å². The third kappa shape index (κ3) is 2.77. The van der Waals surface area contributed by atoms with Crippen LogP contribution in [0.25, 0.3) is 0 Å². The van der Waals surface area contributed by atoms with Gasteiger partial charge in [-0.05, 0) is 31.6 Å². The van der Waals surface area contributed by atoms with Crippen molar-refractivity contribution in [2.24, 2.45) is 13.0 Å². The zero-order chi connectivity index (χ0) is 13.4. The van der Waals surface area contributed by atoms with E-state index in [1.165, 1.54) is 17.5 Å². The summed E-state index contributed by atoms with van der Waals surface area (Å²) < 4.78 is 7.03. The third-order valence-electron chi connectivity index (χ3n) is 3.90. The second-order valence-corrected chi connectivity index (χ2v) is 5.79. The first-order chi connectivity index (χ1) is 9.15. The van der Waals surface area contributed by atoms with Crippen LogP contribution in [0.1, 0.15) is 25.7 Å². The lowest BCUT2D eigenvalue weighted by Gasteiger charge is -2.31. The van der Waals surface area contributed by atoms with E-state index in [0.29, 0.717) is 17.8 Å². The molecule has 1 saturated heterocycles. The van der Waals surface area contributed by atoms with Crippen molar-refractivity contribution in [2.45, 2.75) is 37.8 Å². The van der Waals surface area contributed by atoms with Crippen LogP contribution < -0.4 is 10.9 Å². The minimum Gasteiger partial charge on any atom is -0.379 e. The van der Waals surface area contributed by atoms with E-state index in [-0.39, 0.29) is 10.6 Å². The Morgan fingerprint density at radius 1 is 1.47 bits per heavy atom. The van der Waals surface area contributed by atoms with E-state index >= 15 is 0 Å². The number of hydrogen-bond donors (Lipinski definition) is 1. The number of rotatable bonds is 3. The van der Waals surface area contributed by atoms with Crippen LogP contribution in [0.4, 0.5) is 5.69 Å². The maximum absolute atomic E-state index is 11.7. The number of nitrogens with one attached hydrogen (secondary N) is 1. The highest BCUT2D eigenvalue weighted by Gasteiger charge is 2.36. The van der Waals surface area contributed by atoms with Gasteiger partial charge in [0.05, 0.1) is 18.0 Å². The highest BCUT2D eigenvalue weighted by atomic mass is 35.5. The molecule has 6 heteroatoms. The van der Waals surface area contributed by atoms with Gasteiger partial charge in [-0.1, -0.05) is 11.6 Å². The van der Waals surface area contributed by atoms with E-state index in [2.05, 4.69) is 10.4 Å². The molecule has 0 radical (unpaired) electrons. The average molecular weight is 284 g/mol. The van der Waals surface area contributed by atoms with E-state index in [1.807, 2.05) is 0 Å². The fourth-order valence-corrected chi connectivity index (χ4v) is 2.81. The van der Waals surface area contributed by atoms with Gasteiger partial charge in [0.15, 0.2) is 0 Å². The Morgan fingerprint density at radius 3 is 3.00 bits per heavy atom. The molecule has 1 aromatic rings. The zero-order valence-electron chi connectivity index (χ0n) is 10.9. The van der Waals surface area contributed by atoms with Crippen LogP contribution in [0, 0.1) is 5.92 Å². The Bertz CT molecular complexity index is 527. The molecule has 104 valence electrons. The van der Waals surface area contributed by atoms with Gasteiger partial charge in [0, 0.05) is 19.7 Å². The first-order valence-electron chi connectivity index (χ1n) is 6.75. The van der Waals surface area contributed by atoms with E-state index in [0.717, 1.165) is 25.4 Å². The molecule has 0 spiro atoms. The van der Waals surface area contributed by atoms with Crippen LogP contribution in [-0.2, 0) is 11.8 Å². The van der Waals surface area contributed by atoms with Gasteiger partial charge in [0.1, 0.15) is 5.02 Å². The summed E-state index contributed by atoms with van der Waals surface area (Å²) in [5, 5.41) is 7.55. The normalized spacial score (nSPS) is 27.3. The quantitative estimate of drug-likeness (QED) is 0.919. The van der Waals surface area contributed by atoms with Crippen LogP contribution in [-0.4, -0.2) is 28.5 Å². The molecular weight excluding hydrogens is 266 g/mol. The fourth-order valence-electron chi connectivity index (χ4n) is 2.59. The maximum atomic E-state index is 11.7. The molecule has 2 unspecified atom stereocenters. The fraction of sp³-hybridized carbons (Fsp3) is 0.692. The Morgan fingerprint density at radius 2 is 2.26 bits per heavy atom. The summed E-state index contributed by atoms with van der Waals surface area (Å²) in [7, 11) is 1.59. The topological polar surface area (TPSA) is 56.1 Å². The van der Waals surface area contributed by atoms with E-state index in [9.17, 15) is 4.79 Å². The second-order valence-electron chi connectivity index (χ2n) is 5.41. The number of nitrogens with zero attached hydrogens (tertiary/aromatic N) is 2. The first kappa shape index (κ1) is 12.9. The summed E-state index contributed by atoms with van der Waals surface area (Å²) in [6, 6.07) is 0.311. The van der Waals surface area contributed by atoms with Crippen LogP contribution in [0.15, 0.2) is 11.0 Å². The number of aryl methyl sites for hydroxylation is 1. The van der Waals surface area contributed by atoms with Crippen molar-refractivity contribution >= 4 is 17.3 Å². The van der Waals surface area contributed by atoms with Crippen LogP contribution in [0.3, 0.4) is 0 Å². The molecule has 2 fully saturated rings. The van der Waals surface area contributed by atoms with E-state index in [1.54, 1.807) is 13.2 Å². The molecule has 1 aromatic heterocycles. The Kier molecular flexibility index (Phi) is 3.50. The van der Waals surface area contributed by atoms with Crippen LogP contribution in [0.2, 0.25) is 5.02 Å². The van der Waals surface area contributed by atoms with Crippen molar-refractivity contribution in [3.63, 3.8) is 0 Å². The first-order valence-corrected chi connectivity index (χ1v) is 7.13. The zero-order valence-corrected chi connectivity index (χ0v) is 11.7. The number of aromatic nitrogens is 2. The van der Waals surface area contributed by atoms with Gasteiger partial charge in [-0.2, -0.15) is 5.10 Å². The summed E-state index contributed by atoms with van der Waals surface area (Å²) in [4.78, 5) is 11.7. The van der Waals surface area contributed by atoms with Gasteiger partial charge in [0.25, 0.3) is 5.56 Å². The minimum atomic E-state index is -0.266. The summed E-state index contributed by atoms with van der Waals surface area (Å²) in [5.74, 6) is 0.738. The number of hydrogen-bond acceptors (Lipinski definition) is 4. The molecule has 2 aliphatic rings. The molecule has 19 heavy (non-hydrogen) atoms. The van der Waals surface area contributed by atoms with Gasteiger partial charge in [-0.3, -0.25) is 4.79 Å². The molecule has 1 aliphatic heterocycles. The summed E-state index contributed by atoms with van der Waals surface area (Å²) in [6.07, 6.45) is 6.47. The van der Waals surface area contributed by atoms with Crippen molar-refractivity contribution in [1.82, 2.24) is 9.78 Å². The maximum Gasteiger partial charge on any atom is 0.287 e. The van der Waals surface area contributed by atoms with Crippen molar-refractivity contribution in [1.29, 1.82) is 0 Å². The van der Waals surface area contributed by atoms with Crippen molar-refractivity contribution in [3.05, 3.63) is 21.6 Å². The second kappa shape index (κ2) is 5.13. The monoisotopic (exact) mass is 283 g/mol. The molecule has 0 bridgehead atoms. The SMILES string of the molecule is Cn1ncc(NC2CCOC(C3CC3)C2)c(Cl)c1=O. The predicted octanol–water partition coefficient (Wildman–Crippen LogP) is 1.80. The van der Waals surface area contributed by atoms with Gasteiger partial charge in [-0.15, -0.1) is 0 Å². The highest BCUT2D eigenvalue weighted by molar-refractivity contribution is 6.32. The van der Waals surface area contributed by atoms with E-state index < -0.39 is 0 Å². The van der Waals surface area contributed by atoms with Gasteiger partial charge >= 0.3 is 0 Å². The molecule has 0 aromatic carbocycles. The molecular formula is C13H18ClN3O2. The van der Waals surface area contributed by atoms with Crippen LogP contribution in [0.5, 0.6) is 0 Å². The molecule has 1 saturated carbocycles. The molecule has 0 amide bonds. The summed E-state index contributed by atoms with van der Waals surface area (Å²) in [5.41, 5.74) is 0.365. The molecule has 2 atom stereocenters. The minimum absolute atomic E-state index is 0.215. The average Bonchev–Trinajstić information content (AvgIpc) is 3.24. The third-order valence-corrected chi connectivity index (χ3v) is 4.27. The summed E-state index contributed by atoms with van der Waals surface area (Å²) in [6.45, 7) is 0.773. The predicted molar refractivity (Wildman–Crippen MR) is 73.6 cm³/mol. The van der Waals surface area contributed by atoms with Gasteiger partial charge < -0.3 is 10.1 Å². The Hall–Kier alpha value is -1.07. The molecule has 5 nitrogen and oxygen atoms in total. The highest BCUT2D eigenvalue weighted by Crippen LogP contribution is 2.38. The van der Waals surface area contributed by atoms with Crippen molar-refractivity contribution in [3.8, 4) is 0 Å². The lowest BCUT2D eigenvalue weighted by Crippen LogP contribution is -2.35. The Labute approximate surface area is 116 Å². The molecule has 1 N–H and O–H groups in total. The largest absolute Gasteiger partial charge is 0.379 e. The van der Waals surface area contributed by atoms with E-state index in [4.69, 9.17) is 16.3 Å². The number of halogens is 1. The molecule has 1 aliphatic carbocycles. The van der Waals surface area contributed by atoms with Crippen molar-refractivity contribution in [2.75, 3.05) is 11.9 Å². The molecule has 3 rings (SSSR count). The van der Waals surface area contributed by atoms with Gasteiger partial charge in [-0.25, -0.2) is 4.68 Å². The molecule has 2 heterocycles. The standard InChI is InChI=1S/C13H18ClN3O2/c1-17-13(18)12(14)10(7-15-17)16-9-4-5-19-11(6-9)8-2-3-8/h7-9,11,16H,2-6H2,1H3. The Balaban J connectivity index is 1.70.